The van der Waals surface area contributed by atoms with Gasteiger partial charge in [-0.1, -0.05) is 51.8 Å². The van der Waals surface area contributed by atoms with Crippen LogP contribution in [-0.2, 0) is 5.88 Å². The van der Waals surface area contributed by atoms with Crippen LogP contribution in [0.4, 0.5) is 5.69 Å². The summed E-state index contributed by atoms with van der Waals surface area (Å²) in [5.74, 6) is 0.505. The molecule has 0 aliphatic rings. The first-order valence-corrected chi connectivity index (χ1v) is 8.06. The summed E-state index contributed by atoms with van der Waals surface area (Å²) in [6.45, 7) is 2.14. The molecule has 2 aromatic rings. The molecule has 2 aromatic carbocycles. The Labute approximate surface area is 138 Å². The molecule has 0 aromatic heterocycles. The van der Waals surface area contributed by atoms with E-state index >= 15 is 0 Å². The predicted molar refractivity (Wildman–Crippen MR) is 92.0 cm³/mol. The van der Waals surface area contributed by atoms with E-state index in [1.807, 2.05) is 24.3 Å². The lowest BCUT2D eigenvalue weighted by Crippen LogP contribution is -2.21. The molecule has 0 saturated heterocycles. The van der Waals surface area contributed by atoms with Crippen LogP contribution >= 0.6 is 39.1 Å². The molecule has 0 saturated carbocycles. The van der Waals surface area contributed by atoms with Gasteiger partial charge in [0.25, 0.3) is 0 Å². The first-order chi connectivity index (χ1) is 9.54. The Morgan fingerprint density at radius 2 is 1.90 bits per heavy atom. The lowest BCUT2D eigenvalue weighted by molar-refractivity contribution is 0.740. The van der Waals surface area contributed by atoms with Crippen LogP contribution in [0.25, 0.3) is 0 Å². The van der Waals surface area contributed by atoms with Gasteiger partial charge in [-0.05, 0) is 36.2 Å². The number of alkyl halides is 1. The number of hydrogen-bond acceptors (Lipinski definition) is 1. The standard InChI is InChI=1S/C16H16BrCl2N/c1-11(14-5-3-4-6-16(14)19)20(2)13-8-7-12(10-18)15(17)9-13/h3-9,11H,10H2,1-2H3. The molecule has 20 heavy (non-hydrogen) atoms. The van der Waals surface area contributed by atoms with Gasteiger partial charge in [-0.2, -0.15) is 0 Å². The first-order valence-electron chi connectivity index (χ1n) is 6.36. The maximum absolute atomic E-state index is 6.28. The van der Waals surface area contributed by atoms with Crippen LogP contribution in [0.1, 0.15) is 24.1 Å². The molecule has 0 aliphatic heterocycles. The van der Waals surface area contributed by atoms with Crippen molar-refractivity contribution in [3.63, 3.8) is 0 Å². The normalized spacial score (nSPS) is 12.2. The Balaban J connectivity index is 2.29. The third kappa shape index (κ3) is 3.30. The molecule has 0 amide bonds. The van der Waals surface area contributed by atoms with E-state index < -0.39 is 0 Å². The Morgan fingerprint density at radius 3 is 2.50 bits per heavy atom. The second-order valence-electron chi connectivity index (χ2n) is 4.72. The van der Waals surface area contributed by atoms with Gasteiger partial charge in [0.15, 0.2) is 0 Å². The van der Waals surface area contributed by atoms with Crippen molar-refractivity contribution in [1.29, 1.82) is 0 Å². The third-order valence-electron chi connectivity index (χ3n) is 3.52. The molecule has 106 valence electrons. The highest BCUT2D eigenvalue weighted by Gasteiger charge is 2.15. The lowest BCUT2D eigenvalue weighted by Gasteiger charge is -2.28. The van der Waals surface area contributed by atoms with E-state index in [0.717, 1.165) is 26.3 Å². The van der Waals surface area contributed by atoms with Gasteiger partial charge in [0.2, 0.25) is 0 Å². The van der Waals surface area contributed by atoms with Crippen molar-refractivity contribution in [3.8, 4) is 0 Å². The van der Waals surface area contributed by atoms with E-state index in [1.54, 1.807) is 0 Å². The smallest absolute Gasteiger partial charge is 0.0525 e. The van der Waals surface area contributed by atoms with Crippen LogP contribution in [0.15, 0.2) is 46.9 Å². The van der Waals surface area contributed by atoms with Crippen LogP contribution in [-0.4, -0.2) is 7.05 Å². The molecule has 0 bridgehead atoms. The highest BCUT2D eigenvalue weighted by atomic mass is 79.9. The molecule has 0 aliphatic carbocycles. The minimum atomic E-state index is 0.192. The molecule has 0 fully saturated rings. The fraction of sp³-hybridized carbons (Fsp3) is 0.250. The molecule has 1 atom stereocenters. The zero-order valence-electron chi connectivity index (χ0n) is 11.4. The largest absolute Gasteiger partial charge is 0.368 e. The Bertz CT molecular complexity index is 601. The fourth-order valence-corrected chi connectivity index (χ4v) is 3.31. The van der Waals surface area contributed by atoms with Gasteiger partial charge in [-0.25, -0.2) is 0 Å². The van der Waals surface area contributed by atoms with Crippen molar-refractivity contribution < 1.29 is 0 Å². The average Bonchev–Trinajstić information content (AvgIpc) is 2.46. The topological polar surface area (TPSA) is 3.24 Å². The van der Waals surface area contributed by atoms with E-state index in [4.69, 9.17) is 23.2 Å². The quantitative estimate of drug-likeness (QED) is 0.591. The molecule has 0 spiro atoms. The van der Waals surface area contributed by atoms with Crippen LogP contribution in [0.5, 0.6) is 0 Å². The van der Waals surface area contributed by atoms with Crippen molar-refractivity contribution in [2.24, 2.45) is 0 Å². The monoisotopic (exact) mass is 371 g/mol. The van der Waals surface area contributed by atoms with Crippen LogP contribution < -0.4 is 4.90 Å². The number of rotatable bonds is 4. The van der Waals surface area contributed by atoms with Crippen molar-refractivity contribution in [2.75, 3.05) is 11.9 Å². The number of halogens is 3. The number of benzene rings is 2. The van der Waals surface area contributed by atoms with E-state index in [1.165, 1.54) is 0 Å². The third-order valence-corrected chi connectivity index (χ3v) is 4.89. The van der Waals surface area contributed by atoms with Gasteiger partial charge < -0.3 is 4.90 Å². The zero-order valence-corrected chi connectivity index (χ0v) is 14.5. The number of anilines is 1. The van der Waals surface area contributed by atoms with E-state index in [-0.39, 0.29) is 6.04 Å². The number of nitrogens with zero attached hydrogens (tertiary/aromatic N) is 1. The Morgan fingerprint density at radius 1 is 1.20 bits per heavy atom. The van der Waals surface area contributed by atoms with Gasteiger partial charge in [0, 0.05) is 28.1 Å². The van der Waals surface area contributed by atoms with Gasteiger partial charge in [-0.3, -0.25) is 0 Å². The fourth-order valence-electron chi connectivity index (χ4n) is 2.11. The summed E-state index contributed by atoms with van der Waals surface area (Å²) in [6.07, 6.45) is 0. The van der Waals surface area contributed by atoms with Crippen molar-refractivity contribution in [1.82, 2.24) is 0 Å². The highest BCUT2D eigenvalue weighted by Crippen LogP contribution is 2.32. The van der Waals surface area contributed by atoms with E-state index in [9.17, 15) is 0 Å². The molecule has 1 nitrogen and oxygen atoms in total. The predicted octanol–water partition coefficient (Wildman–Crippen LogP) is 6.04. The molecule has 4 heteroatoms. The molecule has 0 radical (unpaired) electrons. The number of hydrogen-bond donors (Lipinski definition) is 0. The molecule has 1 unspecified atom stereocenters. The van der Waals surface area contributed by atoms with Gasteiger partial charge in [-0.15, -0.1) is 11.6 Å². The summed E-state index contributed by atoms with van der Waals surface area (Å²) in [6, 6.07) is 14.3. The minimum absolute atomic E-state index is 0.192. The summed E-state index contributed by atoms with van der Waals surface area (Å²) in [4.78, 5) is 2.20. The summed E-state index contributed by atoms with van der Waals surface area (Å²) >= 11 is 15.7. The summed E-state index contributed by atoms with van der Waals surface area (Å²) in [5.41, 5.74) is 3.33. The Hall–Kier alpha value is -0.700. The van der Waals surface area contributed by atoms with Gasteiger partial charge in [0.05, 0.1) is 6.04 Å². The zero-order chi connectivity index (χ0) is 14.7. The van der Waals surface area contributed by atoms with Crippen LogP contribution in [0, 0.1) is 0 Å². The second kappa shape index (κ2) is 6.84. The molecular formula is C16H16BrCl2N. The van der Waals surface area contributed by atoms with Crippen molar-refractivity contribution in [2.45, 2.75) is 18.8 Å². The molecule has 2 rings (SSSR count). The molecular weight excluding hydrogens is 357 g/mol. The maximum Gasteiger partial charge on any atom is 0.0525 e. The van der Waals surface area contributed by atoms with Gasteiger partial charge >= 0.3 is 0 Å². The Kier molecular flexibility index (Phi) is 5.36. The molecule has 0 N–H and O–H groups in total. The van der Waals surface area contributed by atoms with E-state index in [0.29, 0.717) is 5.88 Å². The van der Waals surface area contributed by atoms with Crippen LogP contribution in [0.3, 0.4) is 0 Å². The summed E-state index contributed by atoms with van der Waals surface area (Å²) in [5, 5.41) is 0.795. The van der Waals surface area contributed by atoms with Crippen molar-refractivity contribution in [3.05, 3.63) is 63.1 Å². The first kappa shape index (κ1) is 15.7. The van der Waals surface area contributed by atoms with Crippen molar-refractivity contribution >= 4 is 44.8 Å². The second-order valence-corrected chi connectivity index (χ2v) is 6.25. The minimum Gasteiger partial charge on any atom is -0.368 e. The summed E-state index contributed by atoms with van der Waals surface area (Å²) < 4.78 is 1.03. The maximum atomic E-state index is 6.28. The SMILES string of the molecule is CC(c1ccccc1Cl)N(C)c1ccc(CCl)c(Br)c1. The highest BCUT2D eigenvalue weighted by molar-refractivity contribution is 9.10. The van der Waals surface area contributed by atoms with Gasteiger partial charge in [0.1, 0.15) is 0 Å². The van der Waals surface area contributed by atoms with E-state index in [2.05, 4.69) is 53.0 Å². The van der Waals surface area contributed by atoms with Crippen LogP contribution in [0.2, 0.25) is 5.02 Å². The summed E-state index contributed by atoms with van der Waals surface area (Å²) in [7, 11) is 2.07. The lowest BCUT2D eigenvalue weighted by atomic mass is 10.1. The molecule has 0 heterocycles. The average molecular weight is 373 g/mol.